The zero-order valence-corrected chi connectivity index (χ0v) is 13.8. The third-order valence-electron chi connectivity index (χ3n) is 4.59. The highest BCUT2D eigenvalue weighted by atomic mass is 16.4. The van der Waals surface area contributed by atoms with E-state index in [1.807, 2.05) is 0 Å². The fourth-order valence-electron chi connectivity index (χ4n) is 3.24. The summed E-state index contributed by atoms with van der Waals surface area (Å²) in [5.41, 5.74) is 2.34. The summed E-state index contributed by atoms with van der Waals surface area (Å²) in [4.78, 5) is 30.9. The first-order valence-corrected chi connectivity index (χ1v) is 8.62. The molecule has 0 aromatic carbocycles. The second-order valence-electron chi connectivity index (χ2n) is 6.34. The van der Waals surface area contributed by atoms with Crippen molar-refractivity contribution in [1.29, 1.82) is 0 Å². The van der Waals surface area contributed by atoms with Crippen LogP contribution in [0.4, 0.5) is 10.6 Å². The number of amides is 2. The molecule has 7 nitrogen and oxygen atoms in total. The molecule has 1 fully saturated rings. The van der Waals surface area contributed by atoms with Gasteiger partial charge in [0.25, 0.3) is 0 Å². The Balaban J connectivity index is 1.45. The van der Waals surface area contributed by atoms with Crippen LogP contribution in [-0.4, -0.2) is 64.6 Å². The fourth-order valence-corrected chi connectivity index (χ4v) is 3.24. The largest absolute Gasteiger partial charge is 0.481 e. The van der Waals surface area contributed by atoms with E-state index in [2.05, 4.69) is 22.4 Å². The van der Waals surface area contributed by atoms with Crippen LogP contribution >= 0.6 is 0 Å². The lowest BCUT2D eigenvalue weighted by Crippen LogP contribution is -2.33. The molecule has 1 aromatic rings. The van der Waals surface area contributed by atoms with Crippen molar-refractivity contribution < 1.29 is 14.7 Å². The highest BCUT2D eigenvalue weighted by Gasteiger charge is 2.27. The molecule has 1 saturated heterocycles. The average molecular weight is 332 g/mol. The Kier molecular flexibility index (Phi) is 5.17. The zero-order valence-electron chi connectivity index (χ0n) is 13.8. The van der Waals surface area contributed by atoms with Crippen molar-refractivity contribution in [2.75, 3.05) is 38.0 Å². The normalized spacial score (nSPS) is 16.9. The van der Waals surface area contributed by atoms with Crippen LogP contribution in [-0.2, 0) is 17.6 Å². The van der Waals surface area contributed by atoms with Crippen LogP contribution in [0.1, 0.15) is 30.5 Å². The first kappa shape index (κ1) is 16.5. The molecule has 24 heavy (non-hydrogen) atoms. The zero-order chi connectivity index (χ0) is 16.9. The number of carbonyl (C=O) groups excluding carboxylic acids is 1. The molecule has 3 rings (SSSR count). The van der Waals surface area contributed by atoms with Crippen LogP contribution in [0, 0.1) is 0 Å². The quantitative estimate of drug-likeness (QED) is 0.792. The van der Waals surface area contributed by atoms with Crippen molar-refractivity contribution >= 4 is 17.8 Å². The van der Waals surface area contributed by atoms with Gasteiger partial charge < -0.3 is 20.2 Å². The fraction of sp³-hybridized carbons (Fsp3) is 0.588. The number of nitrogens with zero attached hydrogens (tertiary/aromatic N) is 3. The van der Waals surface area contributed by atoms with Crippen LogP contribution in [0.2, 0.25) is 0 Å². The lowest BCUT2D eigenvalue weighted by molar-refractivity contribution is -0.137. The molecule has 0 radical (unpaired) electrons. The van der Waals surface area contributed by atoms with Gasteiger partial charge in [-0.25, -0.2) is 9.78 Å². The smallest absolute Gasteiger partial charge is 0.320 e. The molecule has 0 bridgehead atoms. The minimum Gasteiger partial charge on any atom is -0.481 e. The lowest BCUT2D eigenvalue weighted by atomic mass is 10.1. The van der Waals surface area contributed by atoms with Gasteiger partial charge in [-0.15, -0.1) is 0 Å². The second-order valence-corrected chi connectivity index (χ2v) is 6.34. The monoisotopic (exact) mass is 332 g/mol. The standard InChI is InChI=1S/C17H24N4O3/c22-15(23)7-10-21-12-11-20(17(21)24)9-2-4-14-6-5-13-3-1-8-18-16(13)19-14/h5-6H,1-4,7-12H2,(H,18,19)(H,22,23). The van der Waals surface area contributed by atoms with Crippen LogP contribution in [0.3, 0.4) is 0 Å². The molecule has 0 saturated carbocycles. The molecule has 3 heterocycles. The molecular formula is C17H24N4O3. The predicted octanol–water partition coefficient (Wildman–Crippen LogP) is 1.58. The van der Waals surface area contributed by atoms with Gasteiger partial charge in [0.15, 0.2) is 0 Å². The number of carbonyl (C=O) groups is 2. The van der Waals surface area contributed by atoms with E-state index in [-0.39, 0.29) is 12.5 Å². The van der Waals surface area contributed by atoms with Gasteiger partial charge in [-0.3, -0.25) is 4.79 Å². The summed E-state index contributed by atoms with van der Waals surface area (Å²) in [5, 5.41) is 12.1. The van der Waals surface area contributed by atoms with Gasteiger partial charge in [-0.05, 0) is 37.3 Å². The Morgan fingerprint density at radius 1 is 1.25 bits per heavy atom. The summed E-state index contributed by atoms with van der Waals surface area (Å²) in [5.74, 6) is 0.143. The van der Waals surface area contributed by atoms with Crippen molar-refractivity contribution in [2.24, 2.45) is 0 Å². The van der Waals surface area contributed by atoms with Crippen LogP contribution < -0.4 is 5.32 Å². The molecule has 7 heteroatoms. The van der Waals surface area contributed by atoms with Crippen molar-refractivity contribution in [3.8, 4) is 0 Å². The molecule has 0 atom stereocenters. The van der Waals surface area contributed by atoms with E-state index >= 15 is 0 Å². The van der Waals surface area contributed by atoms with Gasteiger partial charge in [0.1, 0.15) is 5.82 Å². The maximum Gasteiger partial charge on any atom is 0.320 e. The number of anilines is 1. The van der Waals surface area contributed by atoms with Gasteiger partial charge in [0, 0.05) is 38.4 Å². The minimum atomic E-state index is -0.867. The number of aliphatic carboxylic acids is 1. The number of hydrogen-bond acceptors (Lipinski definition) is 4. The average Bonchev–Trinajstić information content (AvgIpc) is 2.93. The number of carboxylic acid groups (broad SMARTS) is 1. The van der Waals surface area contributed by atoms with Crippen molar-refractivity contribution in [3.05, 3.63) is 23.4 Å². The maximum absolute atomic E-state index is 12.2. The molecular weight excluding hydrogens is 308 g/mol. The van der Waals surface area contributed by atoms with Crippen molar-refractivity contribution in [2.45, 2.75) is 32.1 Å². The van der Waals surface area contributed by atoms with Crippen LogP contribution in [0.25, 0.3) is 0 Å². The van der Waals surface area contributed by atoms with E-state index in [1.165, 1.54) is 5.56 Å². The third-order valence-corrected chi connectivity index (χ3v) is 4.59. The van der Waals surface area contributed by atoms with Crippen molar-refractivity contribution in [3.63, 3.8) is 0 Å². The number of aryl methyl sites for hydroxylation is 2. The van der Waals surface area contributed by atoms with E-state index in [1.54, 1.807) is 9.80 Å². The minimum absolute atomic E-state index is 0.00558. The second kappa shape index (κ2) is 7.51. The summed E-state index contributed by atoms with van der Waals surface area (Å²) in [7, 11) is 0. The van der Waals surface area contributed by atoms with Gasteiger partial charge in [-0.2, -0.15) is 0 Å². The molecule has 2 amide bonds. The third kappa shape index (κ3) is 3.96. The Hall–Kier alpha value is -2.31. The number of carboxylic acids is 1. The highest BCUT2D eigenvalue weighted by Crippen LogP contribution is 2.20. The number of pyridine rings is 1. The number of nitrogens with one attached hydrogen (secondary N) is 1. The van der Waals surface area contributed by atoms with Crippen LogP contribution in [0.5, 0.6) is 0 Å². The number of rotatable bonds is 7. The van der Waals surface area contributed by atoms with Gasteiger partial charge >= 0.3 is 12.0 Å². The molecule has 130 valence electrons. The number of fused-ring (bicyclic) bond motifs is 1. The van der Waals surface area contributed by atoms with E-state index < -0.39 is 5.97 Å². The summed E-state index contributed by atoms with van der Waals surface area (Å²) >= 11 is 0. The summed E-state index contributed by atoms with van der Waals surface area (Å²) in [6.45, 7) is 3.26. The Morgan fingerprint density at radius 3 is 2.83 bits per heavy atom. The molecule has 0 aliphatic carbocycles. The van der Waals surface area contributed by atoms with E-state index in [0.717, 1.165) is 43.7 Å². The number of aromatic nitrogens is 1. The summed E-state index contributed by atoms with van der Waals surface area (Å²) in [6.07, 6.45) is 3.96. The van der Waals surface area contributed by atoms with E-state index in [4.69, 9.17) is 5.11 Å². The molecule has 2 aliphatic heterocycles. The predicted molar refractivity (Wildman–Crippen MR) is 90.2 cm³/mol. The highest BCUT2D eigenvalue weighted by molar-refractivity contribution is 5.77. The first-order valence-electron chi connectivity index (χ1n) is 8.62. The molecule has 1 aromatic heterocycles. The lowest BCUT2D eigenvalue weighted by Gasteiger charge is -2.19. The number of hydrogen-bond donors (Lipinski definition) is 2. The van der Waals surface area contributed by atoms with Crippen molar-refractivity contribution in [1.82, 2.24) is 14.8 Å². The van der Waals surface area contributed by atoms with Gasteiger partial charge in [0.2, 0.25) is 0 Å². The first-order chi connectivity index (χ1) is 11.6. The molecule has 2 N–H and O–H groups in total. The number of urea groups is 1. The van der Waals surface area contributed by atoms with Gasteiger partial charge in [0.05, 0.1) is 6.42 Å². The van der Waals surface area contributed by atoms with E-state index in [0.29, 0.717) is 26.2 Å². The van der Waals surface area contributed by atoms with Crippen LogP contribution in [0.15, 0.2) is 12.1 Å². The Bertz CT molecular complexity index is 620. The van der Waals surface area contributed by atoms with E-state index in [9.17, 15) is 9.59 Å². The summed E-state index contributed by atoms with van der Waals surface area (Å²) in [6, 6.07) is 4.19. The Morgan fingerprint density at radius 2 is 2.04 bits per heavy atom. The Labute approximate surface area is 141 Å². The molecule has 0 spiro atoms. The van der Waals surface area contributed by atoms with Gasteiger partial charge in [-0.1, -0.05) is 6.07 Å². The summed E-state index contributed by atoms with van der Waals surface area (Å²) < 4.78 is 0. The molecule has 2 aliphatic rings. The maximum atomic E-state index is 12.2. The molecule has 0 unspecified atom stereocenters. The topological polar surface area (TPSA) is 85.8 Å². The SMILES string of the molecule is O=C(O)CCN1CCN(CCCc2ccc3c(n2)NCCC3)C1=O.